The van der Waals surface area contributed by atoms with Crippen molar-refractivity contribution >= 4 is 5.97 Å². The van der Waals surface area contributed by atoms with Gasteiger partial charge >= 0.3 is 5.97 Å². The van der Waals surface area contributed by atoms with Gasteiger partial charge in [-0.3, -0.25) is 4.79 Å². The third-order valence-corrected chi connectivity index (χ3v) is 2.98. The number of hydrogen-bond acceptors (Lipinski definition) is 3. The van der Waals surface area contributed by atoms with Crippen molar-refractivity contribution in [3.8, 4) is 0 Å². The van der Waals surface area contributed by atoms with Gasteiger partial charge in [0.05, 0.1) is 6.42 Å². The Morgan fingerprint density at radius 3 is 2.63 bits per heavy atom. The van der Waals surface area contributed by atoms with Crippen LogP contribution in [0.15, 0.2) is 24.3 Å². The lowest BCUT2D eigenvalue weighted by Gasteiger charge is -2.09. The van der Waals surface area contributed by atoms with E-state index in [4.69, 9.17) is 9.84 Å². The molecule has 1 aromatic carbocycles. The highest BCUT2D eigenvalue weighted by Crippen LogP contribution is 2.09. The fourth-order valence-electron chi connectivity index (χ4n) is 1.96. The fraction of sp³-hybridized carbons (Fsp3) is 0.533. The summed E-state index contributed by atoms with van der Waals surface area (Å²) in [4.78, 5) is 10.8. The maximum Gasteiger partial charge on any atom is 0.307 e. The molecule has 0 aliphatic carbocycles. The first kappa shape index (κ1) is 15.7. The summed E-state index contributed by atoms with van der Waals surface area (Å²) in [6, 6.07) is 7.69. The number of methoxy groups -OCH3 is 1. The first-order chi connectivity index (χ1) is 9.24. The zero-order chi connectivity index (χ0) is 13.9. The van der Waals surface area contributed by atoms with E-state index in [9.17, 15) is 4.79 Å². The molecule has 0 heterocycles. The van der Waals surface area contributed by atoms with Crippen LogP contribution in [-0.2, 0) is 22.5 Å². The molecule has 0 spiro atoms. The first-order valence-corrected chi connectivity index (χ1v) is 6.72. The van der Waals surface area contributed by atoms with Crippen LogP contribution in [0.3, 0.4) is 0 Å². The molecule has 0 radical (unpaired) electrons. The van der Waals surface area contributed by atoms with Gasteiger partial charge < -0.3 is 15.2 Å². The maximum absolute atomic E-state index is 10.8. The highest BCUT2D eigenvalue weighted by Gasteiger charge is 2.05. The van der Waals surface area contributed by atoms with Crippen LogP contribution in [0.5, 0.6) is 0 Å². The number of unbranched alkanes of at least 4 members (excludes halogenated alkanes) is 2. The quantitative estimate of drug-likeness (QED) is 0.637. The second-order valence-corrected chi connectivity index (χ2v) is 4.57. The van der Waals surface area contributed by atoms with Gasteiger partial charge in [-0.05, 0) is 36.9 Å². The number of carboxylic acid groups (broad SMARTS) is 1. The molecular formula is C15H23NO3. The number of ether oxygens (including phenoxy) is 1. The summed E-state index contributed by atoms with van der Waals surface area (Å²) >= 11 is 0. The van der Waals surface area contributed by atoms with Gasteiger partial charge in [-0.1, -0.05) is 24.3 Å². The molecule has 1 aromatic rings. The van der Waals surface area contributed by atoms with Gasteiger partial charge in [0, 0.05) is 20.3 Å². The molecule has 4 nitrogen and oxygen atoms in total. The van der Waals surface area contributed by atoms with Crippen LogP contribution < -0.4 is 5.32 Å². The number of nitrogens with one attached hydrogen (secondary N) is 1. The molecule has 0 unspecified atom stereocenters. The van der Waals surface area contributed by atoms with E-state index < -0.39 is 5.97 Å². The molecule has 106 valence electrons. The van der Waals surface area contributed by atoms with Crippen molar-refractivity contribution in [3.05, 3.63) is 35.4 Å². The second-order valence-electron chi connectivity index (χ2n) is 4.57. The van der Waals surface area contributed by atoms with Crippen LogP contribution in [0.25, 0.3) is 0 Å². The van der Waals surface area contributed by atoms with Crippen LogP contribution in [0.4, 0.5) is 0 Å². The Labute approximate surface area is 114 Å². The zero-order valence-electron chi connectivity index (χ0n) is 11.5. The minimum Gasteiger partial charge on any atom is -0.481 e. The SMILES string of the molecule is COCCCCCNCc1ccccc1CC(=O)O. The van der Waals surface area contributed by atoms with E-state index in [0.29, 0.717) is 0 Å². The van der Waals surface area contributed by atoms with E-state index in [0.717, 1.165) is 50.1 Å². The largest absolute Gasteiger partial charge is 0.481 e. The molecule has 2 N–H and O–H groups in total. The predicted molar refractivity (Wildman–Crippen MR) is 75.2 cm³/mol. The van der Waals surface area contributed by atoms with Gasteiger partial charge in [0.15, 0.2) is 0 Å². The van der Waals surface area contributed by atoms with E-state index >= 15 is 0 Å². The Morgan fingerprint density at radius 2 is 1.95 bits per heavy atom. The van der Waals surface area contributed by atoms with Crippen molar-refractivity contribution in [1.82, 2.24) is 5.32 Å². The van der Waals surface area contributed by atoms with Gasteiger partial charge in [-0.25, -0.2) is 0 Å². The topological polar surface area (TPSA) is 58.6 Å². The lowest BCUT2D eigenvalue weighted by atomic mass is 10.0. The predicted octanol–water partition coefficient (Wildman–Crippen LogP) is 2.22. The number of rotatable bonds is 10. The zero-order valence-corrected chi connectivity index (χ0v) is 11.5. The molecule has 0 amide bonds. The molecule has 0 aliphatic rings. The number of benzene rings is 1. The van der Waals surface area contributed by atoms with Gasteiger partial charge in [0.25, 0.3) is 0 Å². The molecular weight excluding hydrogens is 242 g/mol. The Kier molecular flexibility index (Phi) is 7.86. The van der Waals surface area contributed by atoms with Crippen molar-refractivity contribution in [2.75, 3.05) is 20.3 Å². The van der Waals surface area contributed by atoms with Crippen molar-refractivity contribution in [2.24, 2.45) is 0 Å². The molecule has 0 saturated heterocycles. The van der Waals surface area contributed by atoms with E-state index in [-0.39, 0.29) is 6.42 Å². The molecule has 19 heavy (non-hydrogen) atoms. The lowest BCUT2D eigenvalue weighted by molar-refractivity contribution is -0.136. The van der Waals surface area contributed by atoms with Crippen molar-refractivity contribution in [2.45, 2.75) is 32.2 Å². The summed E-state index contributed by atoms with van der Waals surface area (Å²) in [5.74, 6) is -0.785. The van der Waals surface area contributed by atoms with E-state index in [1.165, 1.54) is 0 Å². The molecule has 4 heteroatoms. The number of hydrogen-bond donors (Lipinski definition) is 2. The third-order valence-electron chi connectivity index (χ3n) is 2.98. The first-order valence-electron chi connectivity index (χ1n) is 6.72. The second kappa shape index (κ2) is 9.53. The van der Waals surface area contributed by atoms with Crippen LogP contribution in [0.1, 0.15) is 30.4 Å². The third kappa shape index (κ3) is 6.94. The average Bonchev–Trinajstić information content (AvgIpc) is 2.39. The summed E-state index contributed by atoms with van der Waals surface area (Å²) in [6.07, 6.45) is 3.45. The number of carbonyl (C=O) groups is 1. The van der Waals surface area contributed by atoms with Crippen molar-refractivity contribution in [3.63, 3.8) is 0 Å². The summed E-state index contributed by atoms with van der Waals surface area (Å²) in [5, 5.41) is 12.2. The number of aliphatic carboxylic acids is 1. The number of carboxylic acids is 1. The minimum atomic E-state index is -0.785. The summed E-state index contributed by atoms with van der Waals surface area (Å²) in [6.45, 7) is 2.50. The lowest BCUT2D eigenvalue weighted by Crippen LogP contribution is -2.16. The van der Waals surface area contributed by atoms with Gasteiger partial charge in [0.2, 0.25) is 0 Å². The van der Waals surface area contributed by atoms with E-state index in [1.54, 1.807) is 7.11 Å². The molecule has 0 aliphatic heterocycles. The van der Waals surface area contributed by atoms with Crippen LogP contribution in [0, 0.1) is 0 Å². The monoisotopic (exact) mass is 265 g/mol. The maximum atomic E-state index is 10.8. The Hall–Kier alpha value is -1.39. The Bertz CT molecular complexity index is 379. The summed E-state index contributed by atoms with van der Waals surface area (Å²) < 4.78 is 4.99. The molecule has 1 rings (SSSR count). The fourth-order valence-corrected chi connectivity index (χ4v) is 1.96. The molecule has 0 saturated carbocycles. The van der Waals surface area contributed by atoms with Crippen molar-refractivity contribution in [1.29, 1.82) is 0 Å². The minimum absolute atomic E-state index is 0.0890. The van der Waals surface area contributed by atoms with Crippen LogP contribution in [0.2, 0.25) is 0 Å². The highest BCUT2D eigenvalue weighted by molar-refractivity contribution is 5.70. The normalized spacial score (nSPS) is 10.6. The molecule has 0 bridgehead atoms. The van der Waals surface area contributed by atoms with Crippen LogP contribution in [-0.4, -0.2) is 31.3 Å². The smallest absolute Gasteiger partial charge is 0.307 e. The van der Waals surface area contributed by atoms with Gasteiger partial charge in [-0.2, -0.15) is 0 Å². The average molecular weight is 265 g/mol. The standard InChI is InChI=1S/C15H23NO3/c1-19-10-6-2-5-9-16-12-14-8-4-3-7-13(14)11-15(17)18/h3-4,7-8,16H,2,5-6,9-12H2,1H3,(H,17,18). The molecule has 0 fully saturated rings. The highest BCUT2D eigenvalue weighted by atomic mass is 16.5. The van der Waals surface area contributed by atoms with Crippen LogP contribution >= 0.6 is 0 Å². The Balaban J connectivity index is 2.26. The Morgan fingerprint density at radius 1 is 1.21 bits per heavy atom. The summed E-state index contributed by atoms with van der Waals surface area (Å²) in [7, 11) is 1.72. The van der Waals surface area contributed by atoms with E-state index in [1.807, 2.05) is 24.3 Å². The van der Waals surface area contributed by atoms with E-state index in [2.05, 4.69) is 5.32 Å². The molecule has 0 atom stereocenters. The van der Waals surface area contributed by atoms with Gasteiger partial charge in [0.1, 0.15) is 0 Å². The summed E-state index contributed by atoms with van der Waals surface area (Å²) in [5.41, 5.74) is 1.96. The molecule has 0 aromatic heterocycles. The van der Waals surface area contributed by atoms with Crippen molar-refractivity contribution < 1.29 is 14.6 Å². The van der Waals surface area contributed by atoms with Gasteiger partial charge in [-0.15, -0.1) is 0 Å².